The number of carbonyl (C=O) groups is 1. The third-order valence-electron chi connectivity index (χ3n) is 4.78. The van der Waals surface area contributed by atoms with E-state index < -0.39 is 0 Å². The molecule has 1 fully saturated rings. The van der Waals surface area contributed by atoms with Crippen molar-refractivity contribution in [3.05, 3.63) is 59.7 Å². The van der Waals surface area contributed by atoms with Gasteiger partial charge in [-0.3, -0.25) is 4.79 Å². The first-order valence-corrected chi connectivity index (χ1v) is 9.39. The zero-order chi connectivity index (χ0) is 19.2. The number of nitrogens with zero attached hydrogens (tertiary/aromatic N) is 2. The number of anilines is 1. The maximum Gasteiger partial charge on any atom is 0.253 e. The van der Waals surface area contributed by atoms with E-state index in [0.29, 0.717) is 18.7 Å². The molecule has 1 atom stereocenters. The van der Waals surface area contributed by atoms with Crippen LogP contribution in [0.3, 0.4) is 0 Å². The Labute approximate surface area is 161 Å². The highest BCUT2D eigenvalue weighted by molar-refractivity contribution is 5.94. The largest absolute Gasteiger partial charge is 0.491 e. The summed E-state index contributed by atoms with van der Waals surface area (Å²) in [5, 5.41) is 0. The second-order valence-electron chi connectivity index (χ2n) is 7.19. The normalized spacial score (nSPS) is 16.2. The van der Waals surface area contributed by atoms with E-state index in [1.807, 2.05) is 45.4 Å². The van der Waals surface area contributed by atoms with Crippen LogP contribution in [0.2, 0.25) is 0 Å². The number of rotatable bonds is 7. The van der Waals surface area contributed by atoms with Crippen LogP contribution in [0.25, 0.3) is 0 Å². The summed E-state index contributed by atoms with van der Waals surface area (Å²) in [6, 6.07) is 15.6. The Balaban J connectivity index is 1.54. The van der Waals surface area contributed by atoms with Crippen molar-refractivity contribution in [2.45, 2.75) is 25.5 Å². The Hall–Kier alpha value is -2.53. The highest BCUT2D eigenvalue weighted by Crippen LogP contribution is 2.18. The van der Waals surface area contributed by atoms with E-state index in [1.165, 1.54) is 0 Å². The standard InChI is InChI=1S/C22H28N2O3/c1-23(2)19-10-6-17(7-11-19)15-24(3)22(25)18-8-12-20(13-9-18)27-16-21-5-4-14-26-21/h6-13,21H,4-5,14-16H2,1-3H3. The van der Waals surface area contributed by atoms with E-state index in [2.05, 4.69) is 29.2 Å². The molecule has 2 aromatic rings. The summed E-state index contributed by atoms with van der Waals surface area (Å²) in [5.74, 6) is 0.765. The summed E-state index contributed by atoms with van der Waals surface area (Å²) in [6.45, 7) is 1.96. The molecule has 5 heteroatoms. The van der Waals surface area contributed by atoms with Crippen LogP contribution in [0.4, 0.5) is 5.69 Å². The van der Waals surface area contributed by atoms with Crippen molar-refractivity contribution in [1.29, 1.82) is 0 Å². The van der Waals surface area contributed by atoms with Crippen LogP contribution in [-0.2, 0) is 11.3 Å². The minimum atomic E-state index is -0.00244. The van der Waals surface area contributed by atoms with Crippen molar-refractivity contribution < 1.29 is 14.3 Å². The van der Waals surface area contributed by atoms with Gasteiger partial charge < -0.3 is 19.3 Å². The summed E-state index contributed by atoms with van der Waals surface area (Å²) in [6.07, 6.45) is 2.35. The molecule has 0 N–H and O–H groups in total. The molecule has 0 aliphatic carbocycles. The molecule has 0 spiro atoms. The monoisotopic (exact) mass is 368 g/mol. The minimum Gasteiger partial charge on any atom is -0.491 e. The average molecular weight is 368 g/mol. The Bertz CT molecular complexity index is 735. The van der Waals surface area contributed by atoms with E-state index in [0.717, 1.165) is 36.4 Å². The van der Waals surface area contributed by atoms with Crippen LogP contribution in [0.15, 0.2) is 48.5 Å². The molecule has 1 heterocycles. The van der Waals surface area contributed by atoms with Crippen LogP contribution in [-0.4, -0.2) is 51.3 Å². The van der Waals surface area contributed by atoms with Gasteiger partial charge in [-0.15, -0.1) is 0 Å². The molecule has 1 saturated heterocycles. The fourth-order valence-electron chi connectivity index (χ4n) is 3.12. The number of ether oxygens (including phenoxy) is 2. The fraction of sp³-hybridized carbons (Fsp3) is 0.409. The van der Waals surface area contributed by atoms with Gasteiger partial charge in [-0.05, 0) is 54.8 Å². The van der Waals surface area contributed by atoms with E-state index in [9.17, 15) is 4.79 Å². The van der Waals surface area contributed by atoms with Gasteiger partial charge in [0.25, 0.3) is 5.91 Å². The zero-order valence-corrected chi connectivity index (χ0v) is 16.4. The fourth-order valence-corrected chi connectivity index (χ4v) is 3.12. The first-order valence-electron chi connectivity index (χ1n) is 9.39. The Morgan fingerprint density at radius 1 is 1.07 bits per heavy atom. The first-order chi connectivity index (χ1) is 13.0. The number of hydrogen-bond donors (Lipinski definition) is 0. The van der Waals surface area contributed by atoms with Gasteiger partial charge in [-0.25, -0.2) is 0 Å². The van der Waals surface area contributed by atoms with Crippen molar-refractivity contribution in [2.75, 3.05) is 39.3 Å². The first kappa shape index (κ1) is 19.2. The number of hydrogen-bond acceptors (Lipinski definition) is 4. The predicted octanol–water partition coefficient (Wildman–Crippen LogP) is 3.58. The molecular weight excluding hydrogens is 340 g/mol. The molecule has 3 rings (SSSR count). The number of amides is 1. The molecule has 0 aromatic heterocycles. The third kappa shape index (κ3) is 5.23. The lowest BCUT2D eigenvalue weighted by atomic mass is 10.1. The quantitative estimate of drug-likeness (QED) is 0.749. The topological polar surface area (TPSA) is 42.0 Å². The predicted molar refractivity (Wildman–Crippen MR) is 107 cm³/mol. The molecule has 2 aromatic carbocycles. The Morgan fingerprint density at radius 3 is 2.37 bits per heavy atom. The van der Waals surface area contributed by atoms with Gasteiger partial charge in [0.2, 0.25) is 0 Å². The second-order valence-corrected chi connectivity index (χ2v) is 7.19. The summed E-state index contributed by atoms with van der Waals surface area (Å²) >= 11 is 0. The Morgan fingerprint density at radius 2 is 1.78 bits per heavy atom. The lowest BCUT2D eigenvalue weighted by Crippen LogP contribution is -2.26. The highest BCUT2D eigenvalue weighted by Gasteiger charge is 2.16. The van der Waals surface area contributed by atoms with Gasteiger partial charge >= 0.3 is 0 Å². The maximum atomic E-state index is 12.7. The third-order valence-corrected chi connectivity index (χ3v) is 4.78. The minimum absolute atomic E-state index is 0.00244. The molecule has 1 aliphatic heterocycles. The number of carbonyl (C=O) groups excluding carboxylic acids is 1. The molecule has 1 amide bonds. The molecule has 1 aliphatic rings. The van der Waals surface area contributed by atoms with Crippen molar-refractivity contribution in [3.8, 4) is 5.75 Å². The van der Waals surface area contributed by atoms with Crippen LogP contribution < -0.4 is 9.64 Å². The van der Waals surface area contributed by atoms with Crippen LogP contribution in [0, 0.1) is 0 Å². The van der Waals surface area contributed by atoms with Gasteiger partial charge in [0.05, 0.1) is 6.10 Å². The highest BCUT2D eigenvalue weighted by atomic mass is 16.5. The lowest BCUT2D eigenvalue weighted by Gasteiger charge is -2.19. The molecule has 0 radical (unpaired) electrons. The van der Waals surface area contributed by atoms with Gasteiger partial charge in [0, 0.05) is 45.5 Å². The van der Waals surface area contributed by atoms with E-state index in [-0.39, 0.29) is 12.0 Å². The number of benzene rings is 2. The molecule has 5 nitrogen and oxygen atoms in total. The summed E-state index contributed by atoms with van der Waals surface area (Å²) in [5.41, 5.74) is 2.91. The van der Waals surface area contributed by atoms with Gasteiger partial charge in [0.15, 0.2) is 0 Å². The van der Waals surface area contributed by atoms with Crippen LogP contribution >= 0.6 is 0 Å². The van der Waals surface area contributed by atoms with Gasteiger partial charge in [0.1, 0.15) is 12.4 Å². The van der Waals surface area contributed by atoms with Crippen LogP contribution in [0.5, 0.6) is 5.75 Å². The SMILES string of the molecule is CN(Cc1ccc(N(C)C)cc1)C(=O)c1ccc(OCC2CCCO2)cc1. The summed E-state index contributed by atoms with van der Waals surface area (Å²) < 4.78 is 11.3. The zero-order valence-electron chi connectivity index (χ0n) is 16.4. The molecule has 1 unspecified atom stereocenters. The molecule has 0 bridgehead atoms. The van der Waals surface area contributed by atoms with Gasteiger partial charge in [-0.1, -0.05) is 12.1 Å². The summed E-state index contributed by atoms with van der Waals surface area (Å²) in [7, 11) is 5.85. The molecular formula is C22H28N2O3. The smallest absolute Gasteiger partial charge is 0.253 e. The van der Waals surface area contributed by atoms with Crippen LogP contribution in [0.1, 0.15) is 28.8 Å². The average Bonchev–Trinajstić information content (AvgIpc) is 3.20. The maximum absolute atomic E-state index is 12.7. The van der Waals surface area contributed by atoms with Crippen molar-refractivity contribution >= 4 is 11.6 Å². The summed E-state index contributed by atoms with van der Waals surface area (Å²) in [4.78, 5) is 16.4. The lowest BCUT2D eigenvalue weighted by molar-refractivity contribution is 0.0679. The van der Waals surface area contributed by atoms with Crippen molar-refractivity contribution in [2.24, 2.45) is 0 Å². The second kappa shape index (κ2) is 8.91. The molecule has 27 heavy (non-hydrogen) atoms. The van der Waals surface area contributed by atoms with Crippen molar-refractivity contribution in [1.82, 2.24) is 4.90 Å². The van der Waals surface area contributed by atoms with Crippen molar-refractivity contribution in [3.63, 3.8) is 0 Å². The van der Waals surface area contributed by atoms with E-state index in [4.69, 9.17) is 9.47 Å². The van der Waals surface area contributed by atoms with E-state index >= 15 is 0 Å². The van der Waals surface area contributed by atoms with E-state index in [1.54, 1.807) is 4.90 Å². The molecule has 144 valence electrons. The van der Waals surface area contributed by atoms with Gasteiger partial charge in [-0.2, -0.15) is 0 Å². The Kier molecular flexibility index (Phi) is 6.35. The molecule has 0 saturated carbocycles.